The van der Waals surface area contributed by atoms with Crippen molar-refractivity contribution < 1.29 is 19.0 Å². The number of hydrogen-bond acceptors (Lipinski definition) is 6. The Hall–Kier alpha value is -1.95. The van der Waals surface area contributed by atoms with Crippen molar-refractivity contribution >= 4 is 11.7 Å². The van der Waals surface area contributed by atoms with Crippen LogP contribution < -0.4 is 14.4 Å². The van der Waals surface area contributed by atoms with Crippen LogP contribution in [0.25, 0.3) is 0 Å². The van der Waals surface area contributed by atoms with Crippen molar-refractivity contribution in [2.45, 2.75) is 26.3 Å². The average molecular weight is 334 g/mol. The fourth-order valence-electron chi connectivity index (χ4n) is 3.39. The Kier molecular flexibility index (Phi) is 5.45. The lowest BCUT2D eigenvalue weighted by Gasteiger charge is -2.42. The summed E-state index contributed by atoms with van der Waals surface area (Å²) >= 11 is 0. The first-order chi connectivity index (χ1) is 11.7. The normalized spacial score (nSPS) is 20.8. The summed E-state index contributed by atoms with van der Waals surface area (Å²) in [5.74, 6) is 1.52. The number of fused-ring (bicyclic) bond motifs is 1. The second-order valence-corrected chi connectivity index (χ2v) is 6.08. The largest absolute Gasteiger partial charge is 0.486 e. The number of anilines is 1. The fraction of sp³-hybridized carbons (Fsp3) is 0.611. The molecule has 0 spiro atoms. The van der Waals surface area contributed by atoms with Crippen LogP contribution in [0.3, 0.4) is 0 Å². The van der Waals surface area contributed by atoms with Gasteiger partial charge in [-0.05, 0) is 25.5 Å². The maximum Gasteiger partial charge on any atom is 0.320 e. The molecule has 6 nitrogen and oxygen atoms in total. The van der Waals surface area contributed by atoms with Gasteiger partial charge in [0.15, 0.2) is 11.5 Å². The van der Waals surface area contributed by atoms with E-state index in [0.717, 1.165) is 43.2 Å². The summed E-state index contributed by atoms with van der Waals surface area (Å²) in [6.45, 7) is 8.55. The van der Waals surface area contributed by atoms with E-state index < -0.39 is 0 Å². The first-order valence-corrected chi connectivity index (χ1v) is 8.76. The molecule has 1 aromatic carbocycles. The lowest BCUT2D eigenvalue weighted by atomic mass is 10.1. The molecule has 6 heteroatoms. The Morgan fingerprint density at radius 3 is 2.88 bits per heavy atom. The lowest BCUT2D eigenvalue weighted by molar-refractivity contribution is -0.145. The molecule has 0 unspecified atom stereocenters. The van der Waals surface area contributed by atoms with E-state index in [1.807, 2.05) is 19.1 Å². The minimum absolute atomic E-state index is 0.141. The summed E-state index contributed by atoms with van der Waals surface area (Å²) in [6.07, 6.45) is 0.988. The first-order valence-electron chi connectivity index (χ1n) is 8.76. The number of carbonyl (C=O) groups is 1. The van der Waals surface area contributed by atoms with Crippen LogP contribution in [-0.2, 0) is 9.53 Å². The van der Waals surface area contributed by atoms with E-state index >= 15 is 0 Å². The van der Waals surface area contributed by atoms with Crippen LogP contribution in [0.1, 0.15) is 20.3 Å². The van der Waals surface area contributed by atoms with E-state index in [9.17, 15) is 4.79 Å². The maximum atomic E-state index is 11.8. The van der Waals surface area contributed by atoms with Gasteiger partial charge in [-0.2, -0.15) is 0 Å². The second kappa shape index (κ2) is 7.75. The van der Waals surface area contributed by atoms with E-state index in [4.69, 9.17) is 14.2 Å². The summed E-state index contributed by atoms with van der Waals surface area (Å²) in [6, 6.07) is 6.37. The van der Waals surface area contributed by atoms with Crippen molar-refractivity contribution in [2.75, 3.05) is 50.9 Å². The standard InChI is InChI=1S/C18H26N2O4/c1-3-14-12-20(9-8-19(14)13-17(21)22-4-2)15-6-5-7-16-18(15)24-11-10-23-16/h5-7,14H,3-4,8-13H2,1-2H3/t14-/m1/s1. The summed E-state index contributed by atoms with van der Waals surface area (Å²) in [5, 5.41) is 0. The molecule has 1 aromatic rings. The number of nitrogens with zero attached hydrogens (tertiary/aromatic N) is 2. The highest BCUT2D eigenvalue weighted by atomic mass is 16.6. The monoisotopic (exact) mass is 334 g/mol. The highest BCUT2D eigenvalue weighted by Crippen LogP contribution is 2.40. The van der Waals surface area contributed by atoms with Gasteiger partial charge in [-0.25, -0.2) is 0 Å². The molecule has 0 N–H and O–H groups in total. The molecular weight excluding hydrogens is 308 g/mol. The van der Waals surface area contributed by atoms with Gasteiger partial charge in [0.05, 0.1) is 18.8 Å². The van der Waals surface area contributed by atoms with Gasteiger partial charge < -0.3 is 19.1 Å². The third kappa shape index (κ3) is 3.59. The number of piperazine rings is 1. The average Bonchev–Trinajstić information content (AvgIpc) is 2.62. The minimum atomic E-state index is -0.141. The fourth-order valence-corrected chi connectivity index (χ4v) is 3.39. The Morgan fingerprint density at radius 2 is 2.08 bits per heavy atom. The number of hydrogen-bond donors (Lipinski definition) is 0. The molecule has 132 valence electrons. The number of benzene rings is 1. The molecule has 2 aliphatic rings. The first kappa shape index (κ1) is 16.9. The van der Waals surface area contributed by atoms with E-state index in [0.29, 0.717) is 32.4 Å². The van der Waals surface area contributed by atoms with Crippen LogP contribution in [0.2, 0.25) is 0 Å². The molecule has 1 atom stereocenters. The molecule has 0 aliphatic carbocycles. The van der Waals surface area contributed by atoms with Crippen LogP contribution in [0, 0.1) is 0 Å². The Morgan fingerprint density at radius 1 is 1.25 bits per heavy atom. The maximum absolute atomic E-state index is 11.8. The van der Waals surface area contributed by atoms with E-state index in [2.05, 4.69) is 22.8 Å². The Balaban J connectivity index is 1.71. The van der Waals surface area contributed by atoms with Gasteiger partial charge in [0, 0.05) is 25.7 Å². The third-order valence-corrected chi connectivity index (χ3v) is 4.60. The molecule has 24 heavy (non-hydrogen) atoms. The van der Waals surface area contributed by atoms with E-state index in [1.165, 1.54) is 0 Å². The molecule has 0 aromatic heterocycles. The molecule has 0 radical (unpaired) electrons. The molecule has 2 heterocycles. The van der Waals surface area contributed by atoms with Crippen molar-refractivity contribution in [1.82, 2.24) is 4.90 Å². The summed E-state index contributed by atoms with van der Waals surface area (Å²) in [7, 11) is 0. The zero-order chi connectivity index (χ0) is 16.9. The molecule has 0 amide bonds. The van der Waals surface area contributed by atoms with E-state index in [1.54, 1.807) is 0 Å². The number of ether oxygens (including phenoxy) is 3. The molecule has 1 fully saturated rings. The number of esters is 1. The van der Waals surface area contributed by atoms with Crippen molar-refractivity contribution in [3.05, 3.63) is 18.2 Å². The van der Waals surface area contributed by atoms with Gasteiger partial charge in [0.25, 0.3) is 0 Å². The molecular formula is C18H26N2O4. The number of rotatable bonds is 5. The van der Waals surface area contributed by atoms with Gasteiger partial charge in [-0.1, -0.05) is 13.0 Å². The zero-order valence-electron chi connectivity index (χ0n) is 14.5. The smallest absolute Gasteiger partial charge is 0.320 e. The molecule has 0 saturated carbocycles. The van der Waals surface area contributed by atoms with Gasteiger partial charge >= 0.3 is 5.97 Å². The lowest BCUT2D eigenvalue weighted by Crippen LogP contribution is -2.54. The van der Waals surface area contributed by atoms with Gasteiger partial charge in [-0.3, -0.25) is 9.69 Å². The summed E-state index contributed by atoms with van der Waals surface area (Å²) < 4.78 is 16.6. The van der Waals surface area contributed by atoms with Crippen LogP contribution in [0.15, 0.2) is 18.2 Å². The number of carbonyl (C=O) groups excluding carboxylic acids is 1. The molecule has 0 bridgehead atoms. The van der Waals surface area contributed by atoms with Crippen LogP contribution in [-0.4, -0.2) is 62.9 Å². The zero-order valence-corrected chi connectivity index (χ0v) is 14.5. The highest BCUT2D eigenvalue weighted by Gasteiger charge is 2.30. The van der Waals surface area contributed by atoms with Crippen LogP contribution >= 0.6 is 0 Å². The van der Waals surface area contributed by atoms with E-state index in [-0.39, 0.29) is 5.97 Å². The van der Waals surface area contributed by atoms with Gasteiger partial charge in [-0.15, -0.1) is 0 Å². The minimum Gasteiger partial charge on any atom is -0.486 e. The topological polar surface area (TPSA) is 51.2 Å². The number of para-hydroxylation sites is 1. The van der Waals surface area contributed by atoms with Crippen molar-refractivity contribution in [1.29, 1.82) is 0 Å². The third-order valence-electron chi connectivity index (χ3n) is 4.60. The van der Waals surface area contributed by atoms with Crippen molar-refractivity contribution in [3.8, 4) is 11.5 Å². The second-order valence-electron chi connectivity index (χ2n) is 6.08. The SMILES string of the molecule is CCOC(=O)CN1CCN(c2cccc3c2OCCO3)C[C@H]1CC. The van der Waals surface area contributed by atoms with Crippen molar-refractivity contribution in [2.24, 2.45) is 0 Å². The van der Waals surface area contributed by atoms with Gasteiger partial charge in [0.2, 0.25) is 0 Å². The molecule has 3 rings (SSSR count). The van der Waals surface area contributed by atoms with Gasteiger partial charge in [0.1, 0.15) is 13.2 Å². The molecule has 2 aliphatic heterocycles. The Bertz CT molecular complexity index is 578. The quantitative estimate of drug-likeness (QED) is 0.767. The Labute approximate surface area is 143 Å². The predicted molar refractivity (Wildman–Crippen MR) is 91.9 cm³/mol. The summed E-state index contributed by atoms with van der Waals surface area (Å²) in [5.41, 5.74) is 1.08. The highest BCUT2D eigenvalue weighted by molar-refractivity contribution is 5.72. The summed E-state index contributed by atoms with van der Waals surface area (Å²) in [4.78, 5) is 16.4. The van der Waals surface area contributed by atoms with Crippen LogP contribution in [0.5, 0.6) is 11.5 Å². The molecule has 1 saturated heterocycles. The van der Waals surface area contributed by atoms with Crippen LogP contribution in [0.4, 0.5) is 5.69 Å². The predicted octanol–water partition coefficient (Wildman–Crippen LogP) is 1.92. The van der Waals surface area contributed by atoms with Crippen molar-refractivity contribution in [3.63, 3.8) is 0 Å².